The first kappa shape index (κ1) is 11.3. The molecule has 0 radical (unpaired) electrons. The van der Waals surface area contributed by atoms with Crippen LogP contribution < -0.4 is 11.1 Å². The van der Waals surface area contributed by atoms with Crippen molar-refractivity contribution in [3.63, 3.8) is 0 Å². The van der Waals surface area contributed by atoms with E-state index in [4.69, 9.17) is 10.8 Å². The molecule has 1 fully saturated rings. The first-order valence-electron chi connectivity index (χ1n) is 4.31. The minimum absolute atomic E-state index is 0.00444. The predicted octanol–water partition coefficient (Wildman–Crippen LogP) is -0.840. The summed E-state index contributed by atoms with van der Waals surface area (Å²) in [6.07, 6.45) is -0.634. The number of sulfone groups is 1. The number of nitrogens with one attached hydrogen (secondary N) is 1. The summed E-state index contributed by atoms with van der Waals surface area (Å²) in [4.78, 5) is 10.5. The van der Waals surface area contributed by atoms with Crippen LogP contribution in [0.25, 0.3) is 0 Å². The van der Waals surface area contributed by atoms with Crippen molar-refractivity contribution >= 4 is 15.9 Å². The molecule has 0 saturated carbocycles. The maximum atomic E-state index is 11.1. The average Bonchev–Trinajstić information content (AvgIpc) is 2.09. The van der Waals surface area contributed by atoms with Gasteiger partial charge in [0.2, 0.25) is 0 Å². The lowest BCUT2D eigenvalue weighted by molar-refractivity contribution is 0.174. The summed E-state index contributed by atoms with van der Waals surface area (Å²) in [6, 6.07) is 0. The number of amides is 1. The van der Waals surface area contributed by atoms with E-state index in [1.54, 1.807) is 0 Å². The van der Waals surface area contributed by atoms with Crippen LogP contribution in [0.5, 0.6) is 0 Å². The summed E-state index contributed by atoms with van der Waals surface area (Å²) in [6.45, 7) is 0.134. The number of rotatable bonds is 2. The highest BCUT2D eigenvalue weighted by Gasteiger charge is 2.37. The van der Waals surface area contributed by atoms with Crippen molar-refractivity contribution in [3.8, 4) is 0 Å². The SMILES string of the molecule is NCC1(NC(=O)O)CCS(=O)(=O)CC1. The van der Waals surface area contributed by atoms with Gasteiger partial charge in [0.05, 0.1) is 17.0 Å². The smallest absolute Gasteiger partial charge is 0.405 e. The lowest BCUT2D eigenvalue weighted by Crippen LogP contribution is -2.57. The third-order valence-corrected chi connectivity index (χ3v) is 4.20. The molecule has 0 aromatic heterocycles. The lowest BCUT2D eigenvalue weighted by Gasteiger charge is -2.35. The zero-order valence-electron chi connectivity index (χ0n) is 7.69. The van der Waals surface area contributed by atoms with Crippen molar-refractivity contribution in [2.24, 2.45) is 5.73 Å². The van der Waals surface area contributed by atoms with Crippen LogP contribution in [0.4, 0.5) is 4.79 Å². The summed E-state index contributed by atoms with van der Waals surface area (Å²) in [5, 5.41) is 10.9. The highest BCUT2D eigenvalue weighted by Crippen LogP contribution is 2.22. The third-order valence-electron chi connectivity index (χ3n) is 2.55. The second-order valence-corrected chi connectivity index (χ2v) is 5.87. The Labute approximate surface area is 82.4 Å². The quantitative estimate of drug-likeness (QED) is 0.564. The molecular weight excluding hydrogens is 208 g/mol. The Morgan fingerprint density at radius 3 is 2.29 bits per heavy atom. The van der Waals surface area contributed by atoms with Crippen molar-refractivity contribution in [2.75, 3.05) is 18.1 Å². The second-order valence-electron chi connectivity index (χ2n) is 3.57. The predicted molar refractivity (Wildman–Crippen MR) is 50.8 cm³/mol. The summed E-state index contributed by atoms with van der Waals surface area (Å²) in [7, 11) is -2.99. The van der Waals surface area contributed by atoms with Gasteiger partial charge in [0.15, 0.2) is 9.84 Å². The van der Waals surface area contributed by atoms with E-state index in [0.717, 1.165) is 0 Å². The Balaban J connectivity index is 2.70. The minimum Gasteiger partial charge on any atom is -0.465 e. The van der Waals surface area contributed by atoms with Gasteiger partial charge in [-0.2, -0.15) is 0 Å². The molecule has 0 aromatic carbocycles. The van der Waals surface area contributed by atoms with Gasteiger partial charge < -0.3 is 16.2 Å². The van der Waals surface area contributed by atoms with Crippen molar-refractivity contribution in [2.45, 2.75) is 18.4 Å². The molecule has 82 valence electrons. The fraction of sp³-hybridized carbons (Fsp3) is 0.857. The molecule has 0 bridgehead atoms. The van der Waals surface area contributed by atoms with Gasteiger partial charge in [-0.05, 0) is 12.8 Å². The third kappa shape index (κ3) is 2.58. The molecule has 1 aliphatic heterocycles. The van der Waals surface area contributed by atoms with Crippen LogP contribution in [-0.2, 0) is 9.84 Å². The number of hydrogen-bond donors (Lipinski definition) is 3. The number of carbonyl (C=O) groups is 1. The van der Waals surface area contributed by atoms with Crippen LogP contribution in [0, 0.1) is 0 Å². The number of nitrogens with two attached hydrogens (primary N) is 1. The molecule has 0 aromatic rings. The molecule has 1 rings (SSSR count). The van der Waals surface area contributed by atoms with Crippen molar-refractivity contribution in [1.29, 1.82) is 0 Å². The van der Waals surface area contributed by atoms with E-state index < -0.39 is 21.5 Å². The molecule has 1 aliphatic rings. The van der Waals surface area contributed by atoms with E-state index in [1.165, 1.54) is 0 Å². The first-order valence-corrected chi connectivity index (χ1v) is 6.13. The van der Waals surface area contributed by atoms with Crippen molar-refractivity contribution < 1.29 is 18.3 Å². The molecule has 0 unspecified atom stereocenters. The fourth-order valence-corrected chi connectivity index (χ4v) is 3.14. The normalized spacial score (nSPS) is 24.1. The molecule has 1 heterocycles. The Kier molecular flexibility index (Phi) is 3.01. The monoisotopic (exact) mass is 222 g/mol. The van der Waals surface area contributed by atoms with Crippen LogP contribution >= 0.6 is 0 Å². The van der Waals surface area contributed by atoms with Gasteiger partial charge in [-0.1, -0.05) is 0 Å². The summed E-state index contributed by atoms with van der Waals surface area (Å²) >= 11 is 0. The van der Waals surface area contributed by atoms with Crippen LogP contribution in [0.1, 0.15) is 12.8 Å². The topological polar surface area (TPSA) is 109 Å². The van der Waals surface area contributed by atoms with Gasteiger partial charge in [0.25, 0.3) is 0 Å². The fourth-order valence-electron chi connectivity index (χ4n) is 1.54. The summed E-state index contributed by atoms with van der Waals surface area (Å²) in [5.74, 6) is 0.00889. The van der Waals surface area contributed by atoms with Crippen molar-refractivity contribution in [3.05, 3.63) is 0 Å². The van der Waals surface area contributed by atoms with Gasteiger partial charge in [0, 0.05) is 6.54 Å². The Morgan fingerprint density at radius 2 is 1.93 bits per heavy atom. The Morgan fingerprint density at radius 1 is 1.43 bits per heavy atom. The molecule has 1 amide bonds. The highest BCUT2D eigenvalue weighted by molar-refractivity contribution is 7.91. The van der Waals surface area contributed by atoms with Gasteiger partial charge in [0.1, 0.15) is 0 Å². The standard InChI is InChI=1S/C7H14N2O4S/c8-5-7(9-6(10)11)1-3-14(12,13)4-2-7/h9H,1-5,8H2,(H,10,11). The Bertz CT molecular complexity index is 311. The van der Waals surface area contributed by atoms with Crippen LogP contribution in [0.3, 0.4) is 0 Å². The highest BCUT2D eigenvalue weighted by atomic mass is 32.2. The largest absolute Gasteiger partial charge is 0.465 e. The molecular formula is C7H14N2O4S. The maximum Gasteiger partial charge on any atom is 0.405 e. The second kappa shape index (κ2) is 3.74. The maximum absolute atomic E-state index is 11.1. The van der Waals surface area contributed by atoms with Crippen molar-refractivity contribution in [1.82, 2.24) is 5.32 Å². The van der Waals surface area contributed by atoms with Crippen LogP contribution in [-0.4, -0.2) is 43.2 Å². The summed E-state index contributed by atoms with van der Waals surface area (Å²) in [5.41, 5.74) is 4.70. The van der Waals surface area contributed by atoms with E-state index in [2.05, 4.69) is 5.32 Å². The molecule has 0 atom stereocenters. The molecule has 4 N–H and O–H groups in total. The molecule has 0 spiro atoms. The molecule has 1 saturated heterocycles. The van der Waals surface area contributed by atoms with Crippen LogP contribution in [0.15, 0.2) is 0 Å². The van der Waals surface area contributed by atoms with E-state index in [1.807, 2.05) is 0 Å². The lowest BCUT2D eigenvalue weighted by atomic mass is 9.93. The molecule has 14 heavy (non-hydrogen) atoms. The minimum atomic E-state index is -2.99. The number of hydrogen-bond acceptors (Lipinski definition) is 4. The zero-order valence-corrected chi connectivity index (χ0v) is 8.51. The Hall–Kier alpha value is -0.820. The van der Waals surface area contributed by atoms with Crippen LogP contribution in [0.2, 0.25) is 0 Å². The van der Waals surface area contributed by atoms with E-state index in [0.29, 0.717) is 0 Å². The van der Waals surface area contributed by atoms with E-state index in [9.17, 15) is 13.2 Å². The van der Waals surface area contributed by atoms with Gasteiger partial charge >= 0.3 is 6.09 Å². The molecule has 6 nitrogen and oxygen atoms in total. The average molecular weight is 222 g/mol. The van der Waals surface area contributed by atoms with E-state index >= 15 is 0 Å². The van der Waals surface area contributed by atoms with Gasteiger partial charge in [-0.25, -0.2) is 13.2 Å². The summed E-state index contributed by atoms with van der Waals surface area (Å²) < 4.78 is 22.2. The first-order chi connectivity index (χ1) is 6.39. The number of carboxylic acid groups (broad SMARTS) is 1. The molecule has 7 heteroatoms. The van der Waals surface area contributed by atoms with Gasteiger partial charge in [-0.15, -0.1) is 0 Å². The van der Waals surface area contributed by atoms with E-state index in [-0.39, 0.29) is 30.9 Å². The zero-order chi connectivity index (χ0) is 10.8. The molecule has 0 aliphatic carbocycles. The van der Waals surface area contributed by atoms with Gasteiger partial charge in [-0.3, -0.25) is 0 Å².